The number of hydrogen-bond acceptors (Lipinski definition) is 6. The fourth-order valence-electron chi connectivity index (χ4n) is 2.39. The van der Waals surface area contributed by atoms with E-state index in [1.807, 2.05) is 13.2 Å². The number of nitrogens with zero attached hydrogens (tertiary/aromatic N) is 4. The Morgan fingerprint density at radius 3 is 2.57 bits per heavy atom. The zero-order chi connectivity index (χ0) is 15.5. The lowest BCUT2D eigenvalue weighted by Crippen LogP contribution is -2.51. The molecular formula is C13H19N5O2S. The van der Waals surface area contributed by atoms with Gasteiger partial charge in [0, 0.05) is 19.3 Å². The summed E-state index contributed by atoms with van der Waals surface area (Å²) >= 11 is 1.56. The summed E-state index contributed by atoms with van der Waals surface area (Å²) in [6, 6.07) is 0. The van der Waals surface area contributed by atoms with Gasteiger partial charge < -0.3 is 15.8 Å². The van der Waals surface area contributed by atoms with E-state index in [2.05, 4.69) is 15.1 Å². The van der Waals surface area contributed by atoms with E-state index in [1.54, 1.807) is 22.9 Å². The van der Waals surface area contributed by atoms with Crippen LogP contribution in [0.2, 0.25) is 0 Å². The van der Waals surface area contributed by atoms with Gasteiger partial charge in [-0.25, -0.2) is 4.98 Å². The summed E-state index contributed by atoms with van der Waals surface area (Å²) in [5.74, 6) is 0.0916. The van der Waals surface area contributed by atoms with E-state index < -0.39 is 4.75 Å². The second-order valence-electron chi connectivity index (χ2n) is 5.02. The molecule has 1 aliphatic heterocycles. The van der Waals surface area contributed by atoms with Crippen molar-refractivity contribution in [3.8, 4) is 0 Å². The highest BCUT2D eigenvalue weighted by molar-refractivity contribution is 8.00. The van der Waals surface area contributed by atoms with Gasteiger partial charge in [0.2, 0.25) is 0 Å². The Morgan fingerprint density at radius 1 is 1.43 bits per heavy atom. The Hall–Kier alpha value is -1.83. The number of rotatable bonds is 3. The second kappa shape index (κ2) is 6.30. The van der Waals surface area contributed by atoms with Gasteiger partial charge in [-0.3, -0.25) is 9.78 Å². The summed E-state index contributed by atoms with van der Waals surface area (Å²) in [6.45, 7) is 2.92. The van der Waals surface area contributed by atoms with Crippen molar-refractivity contribution in [1.29, 1.82) is 0 Å². The van der Waals surface area contributed by atoms with E-state index in [1.165, 1.54) is 6.20 Å². The molecule has 1 amide bonds. The molecule has 21 heavy (non-hydrogen) atoms. The van der Waals surface area contributed by atoms with Crippen molar-refractivity contribution in [3.05, 3.63) is 23.8 Å². The number of likely N-dealkylation sites (tertiary alicyclic amines) is 1. The number of amidine groups is 1. The van der Waals surface area contributed by atoms with E-state index >= 15 is 0 Å². The lowest BCUT2D eigenvalue weighted by molar-refractivity contribution is 0.0711. The molecule has 1 aromatic heterocycles. The Morgan fingerprint density at radius 2 is 2.10 bits per heavy atom. The van der Waals surface area contributed by atoms with Crippen LogP contribution in [0, 0.1) is 6.92 Å². The van der Waals surface area contributed by atoms with Gasteiger partial charge in [0.25, 0.3) is 5.91 Å². The molecule has 0 spiro atoms. The minimum absolute atomic E-state index is 0.128. The number of aryl methyl sites for hydroxylation is 1. The molecule has 0 radical (unpaired) electrons. The molecular weight excluding hydrogens is 290 g/mol. The summed E-state index contributed by atoms with van der Waals surface area (Å²) in [5, 5.41) is 12.1. The molecule has 1 aliphatic rings. The first-order valence-electron chi connectivity index (χ1n) is 6.63. The predicted octanol–water partition coefficient (Wildman–Crippen LogP) is 0.869. The van der Waals surface area contributed by atoms with Crippen molar-refractivity contribution < 1.29 is 10.0 Å². The molecule has 0 bridgehead atoms. The molecule has 1 saturated heterocycles. The molecule has 2 heterocycles. The summed E-state index contributed by atoms with van der Waals surface area (Å²) in [7, 11) is 0. The molecule has 1 fully saturated rings. The number of carbonyl (C=O) groups excluding carboxylic acids is 1. The first kappa shape index (κ1) is 15.6. The summed E-state index contributed by atoms with van der Waals surface area (Å²) < 4.78 is -0.398. The van der Waals surface area contributed by atoms with E-state index in [0.29, 0.717) is 31.6 Å². The number of aromatic nitrogens is 2. The molecule has 0 atom stereocenters. The van der Waals surface area contributed by atoms with Crippen molar-refractivity contribution >= 4 is 23.5 Å². The second-order valence-corrected chi connectivity index (χ2v) is 6.21. The number of thioether (sulfide) groups is 1. The van der Waals surface area contributed by atoms with Crippen LogP contribution < -0.4 is 5.73 Å². The van der Waals surface area contributed by atoms with Crippen LogP contribution in [0.15, 0.2) is 17.5 Å². The summed E-state index contributed by atoms with van der Waals surface area (Å²) in [6.07, 6.45) is 6.31. The van der Waals surface area contributed by atoms with E-state index in [0.717, 1.165) is 5.69 Å². The zero-order valence-corrected chi connectivity index (χ0v) is 12.9. The summed E-state index contributed by atoms with van der Waals surface area (Å²) in [4.78, 5) is 22.3. The minimum atomic E-state index is -0.398. The molecule has 2 rings (SSSR count). The molecule has 0 saturated carbocycles. The standard InChI is InChI=1S/C13H19N5O2S/c1-9-7-16-10(8-15-9)11(19)18-5-3-13(21-2,4-6-18)12(14)17-20/h7-8,20H,3-6H2,1-2H3,(H2,14,17). The van der Waals surface area contributed by atoms with Crippen molar-refractivity contribution in [2.75, 3.05) is 19.3 Å². The maximum absolute atomic E-state index is 12.4. The molecule has 0 unspecified atom stereocenters. The van der Waals surface area contributed by atoms with E-state index in [-0.39, 0.29) is 11.7 Å². The summed E-state index contributed by atoms with van der Waals surface area (Å²) in [5.41, 5.74) is 6.92. The third-order valence-corrected chi connectivity index (χ3v) is 5.22. The third-order valence-electron chi connectivity index (χ3n) is 3.82. The minimum Gasteiger partial charge on any atom is -0.409 e. The van der Waals surface area contributed by atoms with Crippen LogP contribution in [-0.2, 0) is 0 Å². The maximum atomic E-state index is 12.4. The van der Waals surface area contributed by atoms with Crippen LogP contribution in [-0.4, -0.2) is 55.9 Å². The van der Waals surface area contributed by atoms with E-state index in [4.69, 9.17) is 10.9 Å². The fraction of sp³-hybridized carbons (Fsp3) is 0.538. The van der Waals surface area contributed by atoms with Gasteiger partial charge in [-0.2, -0.15) is 11.8 Å². The van der Waals surface area contributed by atoms with Gasteiger partial charge in [-0.05, 0) is 26.0 Å². The van der Waals surface area contributed by atoms with Crippen LogP contribution in [0.5, 0.6) is 0 Å². The topological polar surface area (TPSA) is 105 Å². The van der Waals surface area contributed by atoms with Crippen LogP contribution in [0.4, 0.5) is 0 Å². The van der Waals surface area contributed by atoms with Gasteiger partial charge in [-0.1, -0.05) is 5.16 Å². The lowest BCUT2D eigenvalue weighted by atomic mass is 9.94. The molecule has 8 heteroatoms. The highest BCUT2D eigenvalue weighted by atomic mass is 32.2. The Labute approximate surface area is 127 Å². The zero-order valence-electron chi connectivity index (χ0n) is 12.1. The fourth-order valence-corrected chi connectivity index (χ4v) is 3.23. The molecule has 7 nitrogen and oxygen atoms in total. The highest BCUT2D eigenvalue weighted by Crippen LogP contribution is 2.35. The first-order valence-corrected chi connectivity index (χ1v) is 7.86. The largest absolute Gasteiger partial charge is 0.409 e. The molecule has 3 N–H and O–H groups in total. The first-order chi connectivity index (χ1) is 10.0. The number of carbonyl (C=O) groups is 1. The van der Waals surface area contributed by atoms with Gasteiger partial charge in [-0.15, -0.1) is 0 Å². The number of piperidine rings is 1. The smallest absolute Gasteiger partial charge is 0.274 e. The quantitative estimate of drug-likeness (QED) is 0.371. The van der Waals surface area contributed by atoms with E-state index in [9.17, 15) is 4.79 Å². The Kier molecular flexibility index (Phi) is 4.66. The van der Waals surface area contributed by atoms with Crippen molar-refractivity contribution in [2.45, 2.75) is 24.5 Å². The van der Waals surface area contributed by atoms with Gasteiger partial charge in [0.1, 0.15) is 5.69 Å². The molecule has 0 aromatic carbocycles. The third kappa shape index (κ3) is 3.10. The predicted molar refractivity (Wildman–Crippen MR) is 81.6 cm³/mol. The van der Waals surface area contributed by atoms with Gasteiger partial charge in [0.15, 0.2) is 5.84 Å². The molecule has 0 aliphatic carbocycles. The normalized spacial score (nSPS) is 18.6. The molecule has 114 valence electrons. The van der Waals surface area contributed by atoms with Gasteiger partial charge >= 0.3 is 0 Å². The van der Waals surface area contributed by atoms with Crippen molar-refractivity contribution in [2.24, 2.45) is 10.9 Å². The number of nitrogens with two attached hydrogens (primary N) is 1. The van der Waals surface area contributed by atoms with Crippen LogP contribution >= 0.6 is 11.8 Å². The van der Waals surface area contributed by atoms with Crippen molar-refractivity contribution in [3.63, 3.8) is 0 Å². The van der Waals surface area contributed by atoms with Crippen LogP contribution in [0.3, 0.4) is 0 Å². The SMILES string of the molecule is CSC1(C(N)=NO)CCN(C(=O)c2cnc(C)cn2)CC1. The Balaban J connectivity index is 2.07. The monoisotopic (exact) mass is 309 g/mol. The highest BCUT2D eigenvalue weighted by Gasteiger charge is 2.39. The molecule has 1 aromatic rings. The maximum Gasteiger partial charge on any atom is 0.274 e. The lowest BCUT2D eigenvalue weighted by Gasteiger charge is -2.39. The van der Waals surface area contributed by atoms with Gasteiger partial charge in [0.05, 0.1) is 16.6 Å². The number of amides is 1. The average Bonchev–Trinajstić information content (AvgIpc) is 2.54. The average molecular weight is 309 g/mol. The van der Waals surface area contributed by atoms with Crippen LogP contribution in [0.25, 0.3) is 0 Å². The number of hydrogen-bond donors (Lipinski definition) is 2. The Bertz CT molecular complexity index is 538. The van der Waals surface area contributed by atoms with Crippen molar-refractivity contribution in [1.82, 2.24) is 14.9 Å². The number of oxime groups is 1. The van der Waals surface area contributed by atoms with Crippen LogP contribution in [0.1, 0.15) is 29.0 Å².